The highest BCUT2D eigenvalue weighted by Crippen LogP contribution is 2.25. The molecule has 1 heterocycles. The molecule has 142 valence electrons. The smallest absolute Gasteiger partial charge is 0.254 e. The number of rotatable bonds is 5. The van der Waals surface area contributed by atoms with Gasteiger partial charge in [0, 0.05) is 30.4 Å². The van der Waals surface area contributed by atoms with Gasteiger partial charge in [0.25, 0.3) is 5.91 Å². The van der Waals surface area contributed by atoms with Gasteiger partial charge in [0.05, 0.1) is 5.92 Å². The van der Waals surface area contributed by atoms with Gasteiger partial charge in [-0.1, -0.05) is 43.3 Å². The third kappa shape index (κ3) is 4.19. The first kappa shape index (κ1) is 19.1. The molecule has 1 saturated heterocycles. The van der Waals surface area contributed by atoms with Crippen LogP contribution in [-0.4, -0.2) is 29.8 Å². The fourth-order valence-electron chi connectivity index (χ4n) is 3.47. The van der Waals surface area contributed by atoms with Crippen molar-refractivity contribution in [3.05, 3.63) is 65.2 Å². The Morgan fingerprint density at radius 1 is 1.04 bits per heavy atom. The van der Waals surface area contributed by atoms with Crippen molar-refractivity contribution in [3.8, 4) is 0 Å². The predicted molar refractivity (Wildman–Crippen MR) is 107 cm³/mol. The summed E-state index contributed by atoms with van der Waals surface area (Å²) in [5, 5.41) is 2.96. The number of nitrogens with zero attached hydrogens (tertiary/aromatic N) is 1. The van der Waals surface area contributed by atoms with Gasteiger partial charge in [0.1, 0.15) is 0 Å². The lowest BCUT2D eigenvalue weighted by atomic mass is 9.94. The summed E-state index contributed by atoms with van der Waals surface area (Å²) >= 11 is 0. The van der Waals surface area contributed by atoms with Crippen LogP contribution in [0.3, 0.4) is 0 Å². The van der Waals surface area contributed by atoms with Crippen LogP contribution in [0.2, 0.25) is 0 Å². The number of likely N-dealkylation sites (tertiary alicyclic amines) is 1. The Morgan fingerprint density at radius 2 is 1.70 bits per heavy atom. The van der Waals surface area contributed by atoms with E-state index in [4.69, 9.17) is 5.73 Å². The Hall–Kier alpha value is -2.66. The molecule has 2 aromatic rings. The third-order valence-corrected chi connectivity index (χ3v) is 5.35. The molecule has 0 saturated carbocycles. The first-order valence-corrected chi connectivity index (χ1v) is 9.49. The molecule has 0 aromatic heterocycles. The molecule has 0 aliphatic carbocycles. The van der Waals surface area contributed by atoms with Crippen LogP contribution in [0.1, 0.15) is 47.3 Å². The van der Waals surface area contributed by atoms with E-state index in [9.17, 15) is 9.59 Å². The van der Waals surface area contributed by atoms with Gasteiger partial charge < -0.3 is 16.0 Å². The maximum absolute atomic E-state index is 12.7. The lowest BCUT2D eigenvalue weighted by Gasteiger charge is -2.22. The summed E-state index contributed by atoms with van der Waals surface area (Å²) in [5.74, 6) is -0.514. The highest BCUT2D eigenvalue weighted by molar-refractivity contribution is 6.00. The molecule has 3 N–H and O–H groups in total. The minimum absolute atomic E-state index is 0.0372. The molecule has 2 atom stereocenters. The second kappa shape index (κ2) is 8.35. The van der Waals surface area contributed by atoms with Crippen molar-refractivity contribution < 1.29 is 9.59 Å². The van der Waals surface area contributed by atoms with Crippen LogP contribution >= 0.6 is 0 Å². The minimum Gasteiger partial charge on any atom is -0.339 e. The van der Waals surface area contributed by atoms with Crippen LogP contribution in [0.25, 0.3) is 0 Å². The molecular formula is C22H27N3O2. The van der Waals surface area contributed by atoms with E-state index in [1.165, 1.54) is 0 Å². The molecule has 0 bridgehead atoms. The maximum atomic E-state index is 12.7. The van der Waals surface area contributed by atoms with Gasteiger partial charge in [0.15, 0.2) is 0 Å². The first-order valence-electron chi connectivity index (χ1n) is 9.49. The molecule has 2 aromatic carbocycles. The number of hydrogen-bond donors (Lipinski definition) is 2. The molecule has 1 aliphatic rings. The van der Waals surface area contributed by atoms with E-state index in [1.807, 2.05) is 67.3 Å². The Morgan fingerprint density at radius 3 is 2.37 bits per heavy atom. The number of nitrogens with one attached hydrogen (secondary N) is 1. The molecule has 3 rings (SSSR count). The van der Waals surface area contributed by atoms with Crippen molar-refractivity contribution in [3.63, 3.8) is 0 Å². The quantitative estimate of drug-likeness (QED) is 0.851. The Balaban J connectivity index is 1.74. The van der Waals surface area contributed by atoms with E-state index in [1.54, 1.807) is 0 Å². The van der Waals surface area contributed by atoms with Crippen LogP contribution in [0.4, 0.5) is 5.69 Å². The van der Waals surface area contributed by atoms with Gasteiger partial charge in [0.2, 0.25) is 5.91 Å². The summed E-state index contributed by atoms with van der Waals surface area (Å²) in [4.78, 5) is 27.3. The molecule has 0 spiro atoms. The van der Waals surface area contributed by atoms with Crippen molar-refractivity contribution in [1.82, 2.24) is 4.90 Å². The Bertz CT molecular complexity index is 814. The van der Waals surface area contributed by atoms with Crippen LogP contribution in [0, 0.1) is 12.8 Å². The van der Waals surface area contributed by atoms with E-state index in [-0.39, 0.29) is 17.9 Å². The summed E-state index contributed by atoms with van der Waals surface area (Å²) in [7, 11) is 0. The molecule has 1 aliphatic heterocycles. The average molecular weight is 365 g/mol. The number of anilines is 1. The van der Waals surface area contributed by atoms with Gasteiger partial charge in [-0.15, -0.1) is 0 Å². The van der Waals surface area contributed by atoms with Gasteiger partial charge in [-0.25, -0.2) is 0 Å². The van der Waals surface area contributed by atoms with E-state index in [2.05, 4.69) is 5.32 Å². The maximum Gasteiger partial charge on any atom is 0.254 e. The average Bonchev–Trinajstić information content (AvgIpc) is 3.23. The van der Waals surface area contributed by atoms with E-state index in [0.717, 1.165) is 37.1 Å². The van der Waals surface area contributed by atoms with E-state index >= 15 is 0 Å². The largest absolute Gasteiger partial charge is 0.339 e. The number of carbonyl (C=O) groups excluding carboxylic acids is 2. The third-order valence-electron chi connectivity index (χ3n) is 5.35. The summed E-state index contributed by atoms with van der Waals surface area (Å²) < 4.78 is 0. The van der Waals surface area contributed by atoms with Gasteiger partial charge in [-0.2, -0.15) is 0 Å². The van der Waals surface area contributed by atoms with Crippen molar-refractivity contribution in [2.75, 3.05) is 18.4 Å². The van der Waals surface area contributed by atoms with Crippen molar-refractivity contribution >= 4 is 17.5 Å². The number of hydrogen-bond acceptors (Lipinski definition) is 3. The number of amides is 2. The summed E-state index contributed by atoms with van der Waals surface area (Å²) in [6.07, 6.45) is 2.10. The summed E-state index contributed by atoms with van der Waals surface area (Å²) in [5.41, 5.74) is 9.30. The zero-order valence-electron chi connectivity index (χ0n) is 15.9. The van der Waals surface area contributed by atoms with E-state index in [0.29, 0.717) is 11.3 Å². The number of carbonyl (C=O) groups is 2. The molecule has 27 heavy (non-hydrogen) atoms. The molecular weight excluding hydrogens is 338 g/mol. The van der Waals surface area contributed by atoms with Gasteiger partial charge in [-0.05, 0) is 43.0 Å². The predicted octanol–water partition coefficient (Wildman–Crippen LogP) is 3.51. The fourth-order valence-corrected chi connectivity index (χ4v) is 3.47. The van der Waals surface area contributed by atoms with Crippen LogP contribution < -0.4 is 11.1 Å². The van der Waals surface area contributed by atoms with Crippen LogP contribution in [-0.2, 0) is 4.79 Å². The topological polar surface area (TPSA) is 75.4 Å². The van der Waals surface area contributed by atoms with Crippen LogP contribution in [0.15, 0.2) is 48.5 Å². The SMILES string of the molecule is Cc1c(NC(=O)C(C)C(N)c2ccccc2)cccc1C(=O)N1CCCC1. The Labute approximate surface area is 160 Å². The van der Waals surface area contributed by atoms with E-state index < -0.39 is 5.92 Å². The van der Waals surface area contributed by atoms with Crippen LogP contribution in [0.5, 0.6) is 0 Å². The highest BCUT2D eigenvalue weighted by Gasteiger charge is 2.25. The van der Waals surface area contributed by atoms with Gasteiger partial charge in [-0.3, -0.25) is 9.59 Å². The zero-order chi connectivity index (χ0) is 19.4. The zero-order valence-corrected chi connectivity index (χ0v) is 15.9. The second-order valence-corrected chi connectivity index (χ2v) is 7.19. The number of benzene rings is 2. The monoisotopic (exact) mass is 365 g/mol. The lowest BCUT2D eigenvalue weighted by Crippen LogP contribution is -2.31. The molecule has 5 nitrogen and oxygen atoms in total. The normalized spacial score (nSPS) is 16.0. The molecule has 5 heteroatoms. The van der Waals surface area contributed by atoms with Gasteiger partial charge >= 0.3 is 0 Å². The standard InChI is InChI=1S/C22H27N3O2/c1-15-18(22(27)25-13-6-7-14-25)11-8-12-19(15)24-21(26)16(2)20(23)17-9-4-3-5-10-17/h3-5,8-12,16,20H,6-7,13-14,23H2,1-2H3,(H,24,26). The van der Waals surface area contributed by atoms with Crippen molar-refractivity contribution in [1.29, 1.82) is 0 Å². The summed E-state index contributed by atoms with van der Waals surface area (Å²) in [6, 6.07) is 14.7. The summed E-state index contributed by atoms with van der Waals surface area (Å²) in [6.45, 7) is 5.30. The number of nitrogens with two attached hydrogens (primary N) is 1. The van der Waals surface area contributed by atoms with Crippen molar-refractivity contribution in [2.24, 2.45) is 11.7 Å². The first-order chi connectivity index (χ1) is 13.0. The minimum atomic E-state index is -0.398. The van der Waals surface area contributed by atoms with Crippen molar-refractivity contribution in [2.45, 2.75) is 32.7 Å². The highest BCUT2D eigenvalue weighted by atomic mass is 16.2. The molecule has 0 radical (unpaired) electrons. The molecule has 2 unspecified atom stereocenters. The second-order valence-electron chi connectivity index (χ2n) is 7.19. The molecule has 1 fully saturated rings. The Kier molecular flexibility index (Phi) is 5.91. The fraction of sp³-hybridized carbons (Fsp3) is 0.364. The molecule has 2 amide bonds. The lowest BCUT2D eigenvalue weighted by molar-refractivity contribution is -0.120.